The van der Waals surface area contributed by atoms with Crippen LogP contribution < -0.4 is 9.30 Å². The molecule has 3 aromatic heterocycles. The second-order valence-electron chi connectivity index (χ2n) is 17.6. The molecular formula is C59H47N4O+. The average Bonchev–Trinajstić information content (AvgIpc) is 3.88. The van der Waals surface area contributed by atoms with Crippen LogP contribution in [-0.2, 0) is 5.41 Å². The van der Waals surface area contributed by atoms with Crippen LogP contribution in [0.5, 0.6) is 11.5 Å². The van der Waals surface area contributed by atoms with Crippen molar-refractivity contribution < 1.29 is 9.30 Å². The Hall–Kier alpha value is -8.02. The predicted octanol–water partition coefficient (Wildman–Crippen LogP) is 14.8. The van der Waals surface area contributed by atoms with Crippen LogP contribution >= 0.6 is 0 Å². The van der Waals surface area contributed by atoms with Crippen molar-refractivity contribution in [3.8, 4) is 62.1 Å². The smallest absolute Gasteiger partial charge is 0.255 e. The van der Waals surface area contributed by atoms with Crippen LogP contribution in [0.3, 0.4) is 0 Å². The number of pyridine rings is 1. The third kappa shape index (κ3) is 6.92. The topological polar surface area (TPSA) is 35.9 Å². The van der Waals surface area contributed by atoms with E-state index in [0.29, 0.717) is 0 Å². The molecule has 0 aliphatic heterocycles. The van der Waals surface area contributed by atoms with Crippen molar-refractivity contribution >= 4 is 32.8 Å². The van der Waals surface area contributed by atoms with Crippen LogP contribution in [0.2, 0.25) is 0 Å². The van der Waals surface area contributed by atoms with Gasteiger partial charge in [0, 0.05) is 45.8 Å². The van der Waals surface area contributed by atoms with E-state index in [0.717, 1.165) is 84.0 Å². The molecule has 0 saturated carbocycles. The maximum absolute atomic E-state index is 6.77. The van der Waals surface area contributed by atoms with E-state index in [1.165, 1.54) is 22.1 Å². The maximum atomic E-state index is 6.77. The first-order valence-corrected chi connectivity index (χ1v) is 21.9. The van der Waals surface area contributed by atoms with Gasteiger partial charge in [-0.05, 0) is 88.7 Å². The molecular weight excluding hydrogens is 781 g/mol. The minimum absolute atomic E-state index is 0.0995. The van der Waals surface area contributed by atoms with E-state index in [9.17, 15) is 0 Å². The van der Waals surface area contributed by atoms with Crippen LogP contribution in [0.25, 0.3) is 83.4 Å². The molecule has 308 valence electrons. The molecule has 0 bridgehead atoms. The van der Waals surface area contributed by atoms with Gasteiger partial charge in [-0.2, -0.15) is 9.13 Å². The standard InChI is InChI=1S/C59H47N4O/c1-40-35-57(60-38-52(40)43-29-31-44(32-30-43)59(2,3)4)63-53-26-12-11-23-50(53)51-34-33-47(37-56(51)63)64-46-22-15-21-45(36-46)61-39-62(55-28-14-13-27-54(55)61)58-48(41-17-7-5-8-18-41)24-16-25-49(58)42-19-9-6-10-20-42/h5-39H,1-4H3/q+1. The van der Waals surface area contributed by atoms with Crippen LogP contribution in [-0.4, -0.2) is 14.1 Å². The molecule has 8 aromatic carbocycles. The molecule has 0 N–H and O–H groups in total. The Kier molecular flexibility index (Phi) is 9.54. The van der Waals surface area contributed by atoms with Crippen molar-refractivity contribution in [3.05, 3.63) is 224 Å². The summed E-state index contributed by atoms with van der Waals surface area (Å²) in [4.78, 5) is 5.10. The van der Waals surface area contributed by atoms with E-state index in [2.05, 4.69) is 242 Å². The number of hydrogen-bond donors (Lipinski definition) is 0. The van der Waals surface area contributed by atoms with Gasteiger partial charge in [-0.15, -0.1) is 0 Å². The summed E-state index contributed by atoms with van der Waals surface area (Å²) in [7, 11) is 0. The van der Waals surface area contributed by atoms with Gasteiger partial charge in [-0.3, -0.25) is 4.57 Å². The maximum Gasteiger partial charge on any atom is 0.255 e. The third-order valence-corrected chi connectivity index (χ3v) is 12.4. The van der Waals surface area contributed by atoms with Crippen LogP contribution in [0, 0.1) is 6.92 Å². The third-order valence-electron chi connectivity index (χ3n) is 12.4. The van der Waals surface area contributed by atoms with E-state index in [1.807, 2.05) is 12.3 Å². The largest absolute Gasteiger partial charge is 0.457 e. The van der Waals surface area contributed by atoms with E-state index in [4.69, 9.17) is 9.72 Å². The van der Waals surface area contributed by atoms with E-state index in [1.54, 1.807) is 0 Å². The van der Waals surface area contributed by atoms with Gasteiger partial charge in [-0.25, -0.2) is 4.98 Å². The summed E-state index contributed by atoms with van der Waals surface area (Å²) in [5, 5.41) is 2.32. The summed E-state index contributed by atoms with van der Waals surface area (Å²) >= 11 is 0. The van der Waals surface area contributed by atoms with E-state index in [-0.39, 0.29) is 5.41 Å². The number of aryl methyl sites for hydroxylation is 1. The lowest BCUT2D eigenvalue weighted by Crippen LogP contribution is -2.30. The fourth-order valence-corrected chi connectivity index (χ4v) is 9.21. The van der Waals surface area contributed by atoms with Gasteiger partial charge in [0.25, 0.3) is 6.33 Å². The number of para-hydroxylation sites is 4. The quantitative estimate of drug-likeness (QED) is 0.143. The molecule has 0 radical (unpaired) electrons. The molecule has 0 fully saturated rings. The van der Waals surface area contributed by atoms with Crippen LogP contribution in [0.1, 0.15) is 31.9 Å². The highest BCUT2D eigenvalue weighted by Gasteiger charge is 2.25. The van der Waals surface area contributed by atoms with Gasteiger partial charge in [0.15, 0.2) is 11.0 Å². The van der Waals surface area contributed by atoms with Crippen LogP contribution in [0.4, 0.5) is 0 Å². The summed E-state index contributed by atoms with van der Waals surface area (Å²) in [5.74, 6) is 2.36. The zero-order valence-electron chi connectivity index (χ0n) is 36.4. The van der Waals surface area contributed by atoms with Crippen molar-refractivity contribution in [2.24, 2.45) is 0 Å². The lowest BCUT2D eigenvalue weighted by atomic mass is 9.86. The molecule has 11 aromatic rings. The van der Waals surface area contributed by atoms with Gasteiger partial charge < -0.3 is 4.74 Å². The Bertz CT molecular complexity index is 3440. The molecule has 64 heavy (non-hydrogen) atoms. The summed E-state index contributed by atoms with van der Waals surface area (Å²) in [6, 6.07) is 70.9. The van der Waals surface area contributed by atoms with Crippen molar-refractivity contribution in [2.75, 3.05) is 0 Å². The SMILES string of the molecule is Cc1cc(-n2c3ccccc3c3ccc(Oc4cccc(-n5c[n+](-c6c(-c7ccccc7)cccc6-c6ccccc6)c6ccccc65)c4)cc32)ncc1-c1ccc(C(C)(C)C)cc1. The first-order chi connectivity index (χ1) is 31.3. The van der Waals surface area contributed by atoms with Crippen LogP contribution in [0.15, 0.2) is 213 Å². The molecule has 5 heteroatoms. The monoisotopic (exact) mass is 827 g/mol. The molecule has 0 unspecified atom stereocenters. The van der Waals surface area contributed by atoms with Gasteiger partial charge in [-0.1, -0.05) is 160 Å². The minimum atomic E-state index is 0.0995. The number of nitrogens with zero attached hydrogens (tertiary/aromatic N) is 4. The Morgan fingerprint density at radius 1 is 0.500 bits per heavy atom. The van der Waals surface area contributed by atoms with Crippen molar-refractivity contribution in [2.45, 2.75) is 33.1 Å². The number of benzene rings is 8. The highest BCUT2D eigenvalue weighted by molar-refractivity contribution is 6.09. The van der Waals surface area contributed by atoms with Gasteiger partial charge in [0.05, 0.1) is 11.0 Å². The normalized spacial score (nSPS) is 11.8. The molecule has 0 spiro atoms. The molecule has 11 rings (SSSR count). The number of hydrogen-bond acceptors (Lipinski definition) is 2. The Morgan fingerprint density at radius 3 is 1.81 bits per heavy atom. The predicted molar refractivity (Wildman–Crippen MR) is 263 cm³/mol. The Morgan fingerprint density at radius 2 is 1.11 bits per heavy atom. The lowest BCUT2D eigenvalue weighted by molar-refractivity contribution is -0.566. The summed E-state index contributed by atoms with van der Waals surface area (Å²) in [6.45, 7) is 8.92. The molecule has 3 heterocycles. The number of ether oxygens (including phenoxy) is 1. The fourth-order valence-electron chi connectivity index (χ4n) is 9.21. The van der Waals surface area contributed by atoms with Crippen molar-refractivity contribution in [1.82, 2.24) is 14.1 Å². The molecule has 0 amide bonds. The molecule has 0 atom stereocenters. The zero-order chi connectivity index (χ0) is 43.4. The first-order valence-electron chi connectivity index (χ1n) is 21.9. The average molecular weight is 828 g/mol. The van der Waals surface area contributed by atoms with Crippen molar-refractivity contribution in [1.29, 1.82) is 0 Å². The minimum Gasteiger partial charge on any atom is -0.457 e. The van der Waals surface area contributed by atoms with E-state index < -0.39 is 0 Å². The first kappa shape index (κ1) is 38.9. The number of fused-ring (bicyclic) bond motifs is 4. The second-order valence-corrected chi connectivity index (χ2v) is 17.6. The van der Waals surface area contributed by atoms with Gasteiger partial charge in [0.2, 0.25) is 0 Å². The van der Waals surface area contributed by atoms with Gasteiger partial charge in [0.1, 0.15) is 28.7 Å². The Balaban J connectivity index is 0.981. The van der Waals surface area contributed by atoms with Gasteiger partial charge >= 0.3 is 0 Å². The molecule has 5 nitrogen and oxygen atoms in total. The Labute approximate surface area is 373 Å². The summed E-state index contributed by atoms with van der Waals surface area (Å²) in [5.41, 5.74) is 16.0. The number of aromatic nitrogens is 4. The second kappa shape index (κ2) is 15.7. The molecule has 0 aliphatic carbocycles. The van der Waals surface area contributed by atoms with Crippen molar-refractivity contribution in [3.63, 3.8) is 0 Å². The summed E-state index contributed by atoms with van der Waals surface area (Å²) in [6.07, 6.45) is 4.23. The summed E-state index contributed by atoms with van der Waals surface area (Å²) < 4.78 is 13.6. The van der Waals surface area contributed by atoms with E-state index >= 15 is 0 Å². The fraction of sp³-hybridized carbons (Fsp3) is 0.0847. The molecule has 0 aliphatic rings. The lowest BCUT2D eigenvalue weighted by Gasteiger charge is -2.19. The highest BCUT2D eigenvalue weighted by Crippen LogP contribution is 2.38. The molecule has 0 saturated heterocycles. The zero-order valence-corrected chi connectivity index (χ0v) is 36.4. The number of imidazole rings is 1. The highest BCUT2D eigenvalue weighted by atomic mass is 16.5. The number of rotatable bonds is 8.